The van der Waals surface area contributed by atoms with Gasteiger partial charge in [0.1, 0.15) is 0 Å². The normalized spacial score (nSPS) is 14.6. The number of amides is 2. The van der Waals surface area contributed by atoms with E-state index in [0.29, 0.717) is 25.1 Å². The highest BCUT2D eigenvalue weighted by Crippen LogP contribution is 2.20. The summed E-state index contributed by atoms with van der Waals surface area (Å²) in [5.74, 6) is -0.440. The van der Waals surface area contributed by atoms with Crippen LogP contribution in [0.25, 0.3) is 0 Å². The number of rotatable bonds is 15. The molecule has 0 radical (unpaired) electrons. The van der Waals surface area contributed by atoms with Crippen molar-refractivity contribution in [3.8, 4) is 0 Å². The number of hydrogen-bond acceptors (Lipinski definition) is 4. The number of nitrogens with one attached hydrogen (secondary N) is 1. The number of aryl methyl sites for hydroxylation is 1. The molecule has 2 atom stereocenters. The summed E-state index contributed by atoms with van der Waals surface area (Å²) in [5.41, 5.74) is 2.56. The van der Waals surface area contributed by atoms with Crippen LogP contribution in [0.5, 0.6) is 0 Å². The number of halogens is 1. The van der Waals surface area contributed by atoms with Gasteiger partial charge >= 0.3 is 0 Å². The number of benzene rings is 2. The highest BCUT2D eigenvalue weighted by Gasteiger charge is 2.39. The number of allylic oxidation sites excluding steroid dienone is 1. The molecule has 36 heavy (non-hydrogen) atoms. The van der Waals surface area contributed by atoms with Crippen molar-refractivity contribution in [1.29, 1.82) is 0 Å². The van der Waals surface area contributed by atoms with E-state index in [4.69, 9.17) is 11.6 Å². The van der Waals surface area contributed by atoms with Crippen LogP contribution in [0.1, 0.15) is 60.0 Å². The standard InChI is InChI=1S/C28H33ClN2O4S/c1-2-7-25(32)23-13-9-22(10-14-23)20-36(35)28(31-19-17-26(31)33)27(34)30-18-6-4-3-5-8-21-11-15-24(29)16-12-21/h2,9-16,28H,1,3-8,17-20H2,(H,30,34). The van der Waals surface area contributed by atoms with Gasteiger partial charge < -0.3 is 10.2 Å². The van der Waals surface area contributed by atoms with Gasteiger partial charge in [-0.15, -0.1) is 6.58 Å². The zero-order valence-corrected chi connectivity index (χ0v) is 22.0. The molecule has 0 saturated carbocycles. The number of likely N-dealkylation sites (tertiary alicyclic amines) is 1. The average molecular weight is 529 g/mol. The van der Waals surface area contributed by atoms with Crippen molar-refractivity contribution >= 4 is 40.0 Å². The smallest absolute Gasteiger partial charge is 0.255 e. The third-order valence-electron chi connectivity index (χ3n) is 6.16. The summed E-state index contributed by atoms with van der Waals surface area (Å²) in [7, 11) is -1.61. The van der Waals surface area contributed by atoms with E-state index in [2.05, 4.69) is 11.9 Å². The topological polar surface area (TPSA) is 83.6 Å². The fraction of sp³-hybridized carbons (Fsp3) is 0.393. The highest BCUT2D eigenvalue weighted by atomic mass is 35.5. The molecule has 192 valence electrons. The number of nitrogens with zero attached hydrogens (tertiary/aromatic N) is 1. The van der Waals surface area contributed by atoms with Crippen molar-refractivity contribution < 1.29 is 18.6 Å². The highest BCUT2D eigenvalue weighted by molar-refractivity contribution is 7.85. The Balaban J connectivity index is 1.45. The molecular formula is C28H33ClN2O4S. The lowest BCUT2D eigenvalue weighted by atomic mass is 10.1. The number of unbranched alkanes of at least 4 members (excludes halogenated alkanes) is 3. The quantitative estimate of drug-likeness (QED) is 0.155. The molecule has 3 rings (SSSR count). The maximum absolute atomic E-state index is 13.2. The van der Waals surface area contributed by atoms with Crippen LogP contribution in [0, 0.1) is 0 Å². The minimum atomic E-state index is -1.61. The minimum absolute atomic E-state index is 0.0360. The van der Waals surface area contributed by atoms with Crippen LogP contribution in [0.3, 0.4) is 0 Å². The van der Waals surface area contributed by atoms with E-state index in [1.165, 1.54) is 10.5 Å². The van der Waals surface area contributed by atoms with E-state index in [1.807, 2.05) is 24.3 Å². The molecular weight excluding hydrogens is 496 g/mol. The van der Waals surface area contributed by atoms with Gasteiger partial charge in [0.25, 0.3) is 5.91 Å². The molecule has 0 bridgehead atoms. The molecule has 2 unspecified atom stereocenters. The molecule has 1 aliphatic heterocycles. The monoisotopic (exact) mass is 528 g/mol. The molecule has 0 spiro atoms. The maximum atomic E-state index is 13.2. The Hall–Kier alpha value is -2.77. The lowest BCUT2D eigenvalue weighted by molar-refractivity contribution is -0.145. The lowest BCUT2D eigenvalue weighted by Crippen LogP contribution is -2.57. The molecule has 1 aliphatic rings. The summed E-state index contributed by atoms with van der Waals surface area (Å²) >= 11 is 5.91. The number of Topliss-reactive ketones (excluding diaryl/α,β-unsaturated/α-hetero) is 1. The summed E-state index contributed by atoms with van der Waals surface area (Å²) in [5, 5.41) is 2.61. The molecule has 1 N–H and O–H groups in total. The molecule has 1 saturated heterocycles. The van der Waals surface area contributed by atoms with Gasteiger partial charge in [0.15, 0.2) is 11.2 Å². The van der Waals surface area contributed by atoms with Gasteiger partial charge in [-0.25, -0.2) is 0 Å². The third kappa shape index (κ3) is 8.14. The van der Waals surface area contributed by atoms with Gasteiger partial charge in [0.05, 0.1) is 16.6 Å². The molecule has 0 aliphatic carbocycles. The summed E-state index contributed by atoms with van der Waals surface area (Å²) in [6.45, 7) is 4.49. The Morgan fingerprint density at radius 3 is 2.31 bits per heavy atom. The maximum Gasteiger partial charge on any atom is 0.255 e. The average Bonchev–Trinajstić information content (AvgIpc) is 2.87. The number of carbonyl (C=O) groups excluding carboxylic acids is 3. The number of ketones is 1. The van der Waals surface area contributed by atoms with Crippen LogP contribution in [0.4, 0.5) is 0 Å². The molecule has 2 amide bonds. The zero-order valence-electron chi connectivity index (χ0n) is 20.4. The Bertz CT molecular complexity index is 1090. The van der Waals surface area contributed by atoms with Crippen molar-refractivity contribution in [2.24, 2.45) is 0 Å². The van der Waals surface area contributed by atoms with Gasteiger partial charge in [0, 0.05) is 36.5 Å². The Morgan fingerprint density at radius 2 is 1.69 bits per heavy atom. The summed E-state index contributed by atoms with van der Waals surface area (Å²) in [6, 6.07) is 14.7. The van der Waals surface area contributed by atoms with Crippen LogP contribution in [-0.4, -0.2) is 45.2 Å². The van der Waals surface area contributed by atoms with Gasteiger partial charge in [0.2, 0.25) is 5.91 Å². The molecule has 1 fully saturated rings. The number of β-lactam (4-membered cyclic amide) rings is 1. The van der Waals surface area contributed by atoms with Crippen LogP contribution in [0.15, 0.2) is 61.2 Å². The second-order valence-corrected chi connectivity index (χ2v) is 10.8. The van der Waals surface area contributed by atoms with Crippen molar-refractivity contribution in [3.63, 3.8) is 0 Å². The van der Waals surface area contributed by atoms with E-state index >= 15 is 0 Å². The first kappa shape index (κ1) is 27.8. The van der Waals surface area contributed by atoms with Crippen molar-refractivity contribution in [3.05, 3.63) is 82.9 Å². The van der Waals surface area contributed by atoms with Crippen molar-refractivity contribution in [2.75, 3.05) is 13.1 Å². The van der Waals surface area contributed by atoms with Crippen LogP contribution < -0.4 is 5.32 Å². The first-order chi connectivity index (χ1) is 17.4. The first-order valence-electron chi connectivity index (χ1n) is 12.3. The molecule has 2 aromatic rings. The number of carbonyl (C=O) groups is 3. The van der Waals surface area contributed by atoms with Crippen LogP contribution in [0.2, 0.25) is 5.02 Å². The van der Waals surface area contributed by atoms with Gasteiger partial charge in [-0.2, -0.15) is 0 Å². The summed E-state index contributed by atoms with van der Waals surface area (Å²) in [6.07, 6.45) is 7.07. The minimum Gasteiger partial charge on any atom is -0.353 e. The predicted molar refractivity (Wildman–Crippen MR) is 144 cm³/mol. The van der Waals surface area contributed by atoms with Crippen LogP contribution in [-0.2, 0) is 32.6 Å². The second kappa shape index (κ2) is 14.1. The van der Waals surface area contributed by atoms with E-state index in [0.717, 1.165) is 42.7 Å². The zero-order chi connectivity index (χ0) is 25.9. The van der Waals surface area contributed by atoms with Crippen LogP contribution >= 0.6 is 11.6 Å². The molecule has 2 aromatic carbocycles. The second-order valence-electron chi connectivity index (χ2n) is 8.91. The fourth-order valence-corrected chi connectivity index (χ4v) is 5.65. The first-order valence-corrected chi connectivity index (χ1v) is 14.1. The predicted octanol–water partition coefficient (Wildman–Crippen LogP) is 4.83. The summed E-state index contributed by atoms with van der Waals surface area (Å²) < 4.78 is 13.2. The van der Waals surface area contributed by atoms with Gasteiger partial charge in [-0.1, -0.05) is 66.9 Å². The lowest BCUT2D eigenvalue weighted by Gasteiger charge is -2.36. The Labute approximate surface area is 220 Å². The van der Waals surface area contributed by atoms with Crippen molar-refractivity contribution in [2.45, 2.75) is 56.1 Å². The van der Waals surface area contributed by atoms with E-state index in [9.17, 15) is 18.6 Å². The van der Waals surface area contributed by atoms with Gasteiger partial charge in [-0.05, 0) is 42.5 Å². The SMILES string of the molecule is C=CCC(=O)c1ccc(CS(=O)C(C(=O)NCCCCCCc2ccc(Cl)cc2)N2CCC2=O)cc1. The van der Waals surface area contributed by atoms with E-state index in [1.54, 1.807) is 30.3 Å². The molecule has 0 aromatic heterocycles. The Kier molecular flexibility index (Phi) is 10.9. The molecule has 6 nitrogen and oxygen atoms in total. The molecule has 1 heterocycles. The third-order valence-corrected chi connectivity index (χ3v) is 8.00. The summed E-state index contributed by atoms with van der Waals surface area (Å²) in [4.78, 5) is 38.3. The molecule has 8 heteroatoms. The van der Waals surface area contributed by atoms with E-state index < -0.39 is 16.2 Å². The fourth-order valence-electron chi connectivity index (χ4n) is 4.02. The van der Waals surface area contributed by atoms with E-state index in [-0.39, 0.29) is 29.8 Å². The van der Waals surface area contributed by atoms with Gasteiger partial charge in [-0.3, -0.25) is 18.6 Å². The Morgan fingerprint density at radius 1 is 1.03 bits per heavy atom. The largest absolute Gasteiger partial charge is 0.353 e. The number of hydrogen-bond donors (Lipinski definition) is 1. The van der Waals surface area contributed by atoms with Crippen molar-refractivity contribution in [1.82, 2.24) is 10.2 Å².